The Hall–Kier alpha value is -13.2. The summed E-state index contributed by atoms with van der Waals surface area (Å²) in [7, 11) is 0. The number of rotatable bonds is 9. The second kappa shape index (κ2) is 24.6. The lowest BCUT2D eigenvalue weighted by atomic mass is 9.89. The van der Waals surface area contributed by atoms with E-state index in [1.807, 2.05) is 128 Å². The maximum atomic E-state index is 5.11. The molecule has 98 heavy (non-hydrogen) atoms. The first-order chi connectivity index (χ1) is 48.6. The van der Waals surface area contributed by atoms with E-state index >= 15 is 0 Å². The molecule has 0 radical (unpaired) electrons. The molecule has 0 atom stereocenters. The normalized spacial score (nSPS) is 11.5. The first kappa shape index (κ1) is 57.4. The maximum Gasteiger partial charge on any atom is 0.165 e. The minimum atomic E-state index is 0.592. The number of pyridine rings is 1. The molecular weight excluding hydrogens is 1190 g/mol. The van der Waals surface area contributed by atoms with Crippen LogP contribution in [0.25, 0.3) is 188 Å². The van der Waals surface area contributed by atoms with Crippen molar-refractivity contribution >= 4 is 86.2 Å². The average Bonchev–Trinajstić information content (AvgIpc) is 0.744. The molecule has 0 fully saturated rings. The summed E-state index contributed by atoms with van der Waals surface area (Å²) in [6, 6.07) is 119. The second-order valence-corrected chi connectivity index (χ2v) is 24.7. The Kier molecular flexibility index (Phi) is 14.4. The van der Waals surface area contributed by atoms with Crippen molar-refractivity contribution in [2.24, 2.45) is 0 Å². The summed E-state index contributed by atoms with van der Waals surface area (Å²) in [6.45, 7) is 0. The van der Waals surface area contributed by atoms with Crippen molar-refractivity contribution in [3.63, 3.8) is 0 Å². The predicted molar refractivity (Wildman–Crippen MR) is 406 cm³/mol. The number of fused-ring (bicyclic) bond motifs is 14. The van der Waals surface area contributed by atoms with Crippen LogP contribution in [-0.2, 0) is 0 Å². The summed E-state index contributed by atoms with van der Waals surface area (Å²) < 4.78 is 0. The van der Waals surface area contributed by atoms with E-state index in [9.17, 15) is 0 Å². The lowest BCUT2D eigenvalue weighted by Crippen LogP contribution is -2.00. The Labute approximate surface area is 565 Å². The third kappa shape index (κ3) is 10.6. The molecule has 456 valence electrons. The van der Waals surface area contributed by atoms with Gasteiger partial charge in [0.15, 0.2) is 34.9 Å². The van der Waals surface area contributed by atoms with Gasteiger partial charge in [0.25, 0.3) is 0 Å². The quantitative estimate of drug-likeness (QED) is 0.133. The third-order valence-corrected chi connectivity index (χ3v) is 18.8. The topological polar surface area (TPSA) is 90.2 Å². The van der Waals surface area contributed by atoms with Gasteiger partial charge < -0.3 is 0 Å². The fraction of sp³-hybridized carbons (Fsp3) is 0. The molecule has 0 saturated heterocycles. The van der Waals surface area contributed by atoms with Gasteiger partial charge in [-0.05, 0) is 139 Å². The molecule has 0 aliphatic carbocycles. The van der Waals surface area contributed by atoms with Crippen LogP contribution in [0.1, 0.15) is 0 Å². The Bertz CT molecular complexity index is 6150. The summed E-state index contributed by atoms with van der Waals surface area (Å²) in [5.74, 6) is 3.79. The highest BCUT2D eigenvalue weighted by atomic mass is 15.0. The van der Waals surface area contributed by atoms with Gasteiger partial charge in [0.2, 0.25) is 0 Å². The Balaban J connectivity index is 0.000000143. The molecule has 19 aromatic rings. The monoisotopic (exact) mass is 1250 g/mol. The third-order valence-electron chi connectivity index (χ3n) is 18.8. The van der Waals surface area contributed by atoms with Crippen LogP contribution >= 0.6 is 0 Å². The number of hydrogen-bond donors (Lipinski definition) is 0. The lowest BCUT2D eigenvalue weighted by molar-refractivity contribution is 1.07. The molecule has 0 saturated carbocycles. The summed E-state index contributed by atoms with van der Waals surface area (Å²) in [5.41, 5.74) is 12.0. The van der Waals surface area contributed by atoms with Gasteiger partial charge >= 0.3 is 0 Å². The predicted octanol–water partition coefficient (Wildman–Crippen LogP) is 23.4. The summed E-state index contributed by atoms with van der Waals surface area (Å²) in [6.07, 6.45) is 1.87. The Morgan fingerprint density at radius 2 is 0.490 bits per heavy atom. The van der Waals surface area contributed by atoms with E-state index in [0.29, 0.717) is 34.9 Å². The number of nitrogens with zero attached hydrogens (tertiary/aromatic N) is 7. The van der Waals surface area contributed by atoms with Gasteiger partial charge in [0.05, 0.1) is 5.69 Å². The molecule has 7 heteroatoms. The molecule has 19 rings (SSSR count). The molecule has 3 aromatic heterocycles. The summed E-state index contributed by atoms with van der Waals surface area (Å²) in [5, 5.41) is 20.0. The van der Waals surface area contributed by atoms with Gasteiger partial charge in [-0.25, -0.2) is 29.9 Å². The van der Waals surface area contributed by atoms with E-state index in [4.69, 9.17) is 34.9 Å². The SMILES string of the molecule is c1ccc(-c2cc(-c3nc(-c4ccccc4)nc(-c4ccccc4)n3)cc(-c3cccc4c3ccc3ccc5c6ccccc6ccc5c34)c2)cc1.c1ccc(-c2nc(-c3ccccc3)nc(-c3ccc(-c4cccc5c4ccc4ccc6c7ccccc7ccc6c45)nc3)n2)cc1. The zero-order chi connectivity index (χ0) is 64.9. The van der Waals surface area contributed by atoms with Crippen LogP contribution in [0.15, 0.2) is 346 Å². The molecule has 0 spiro atoms. The van der Waals surface area contributed by atoms with Crippen molar-refractivity contribution < 1.29 is 0 Å². The first-order valence-corrected chi connectivity index (χ1v) is 33.0. The number of aromatic nitrogens is 7. The van der Waals surface area contributed by atoms with Crippen molar-refractivity contribution in [1.82, 2.24) is 34.9 Å². The van der Waals surface area contributed by atoms with E-state index in [0.717, 1.165) is 66.9 Å². The van der Waals surface area contributed by atoms with Crippen LogP contribution in [0.4, 0.5) is 0 Å². The van der Waals surface area contributed by atoms with Gasteiger partial charge in [-0.1, -0.05) is 309 Å². The molecule has 7 nitrogen and oxygen atoms in total. The van der Waals surface area contributed by atoms with Gasteiger partial charge in [-0.2, -0.15) is 0 Å². The molecule has 16 aromatic carbocycles. The number of benzene rings is 16. The molecule has 0 aliphatic heterocycles. The van der Waals surface area contributed by atoms with E-state index in [1.165, 1.54) is 86.2 Å². The van der Waals surface area contributed by atoms with Gasteiger partial charge in [-0.3, -0.25) is 4.98 Å². The molecule has 0 unspecified atom stereocenters. The first-order valence-electron chi connectivity index (χ1n) is 33.0. The molecule has 0 bridgehead atoms. The van der Waals surface area contributed by atoms with Gasteiger partial charge in [-0.15, -0.1) is 0 Å². The average molecular weight is 1250 g/mol. The van der Waals surface area contributed by atoms with Crippen LogP contribution in [0, 0.1) is 0 Å². The van der Waals surface area contributed by atoms with Gasteiger partial charge in [0, 0.05) is 45.1 Å². The Morgan fingerprint density at radius 1 is 0.163 bits per heavy atom. The fourth-order valence-electron chi connectivity index (χ4n) is 14.1. The van der Waals surface area contributed by atoms with Crippen LogP contribution in [0.5, 0.6) is 0 Å². The molecule has 0 amide bonds. The van der Waals surface area contributed by atoms with Gasteiger partial charge in [0.1, 0.15) is 0 Å². The standard InChI is InChI=1S/C49H31N3.C42H26N4/c1-4-13-32(14-5-1)37-29-38(31-39(30-37)49-51-47(35-16-6-2-7-17-35)50-48(52-49)36-18-8-3-9-19-36)41-21-12-22-44-43(41)27-25-34-24-26-42-40-20-11-10-15-33(40)23-28-45(42)46(34)44;1-3-11-29(12-4-1)40-44-41(30-13-5-2-6-14-30)46-42(45-40)31-21-25-38(43-26-31)35-16-9-17-36-34(35)23-20-28-19-22-33-32-15-8-7-10-27(32)18-24-37(33)39(28)36/h1-31H;1-26H. The van der Waals surface area contributed by atoms with Crippen LogP contribution in [0.3, 0.4) is 0 Å². The lowest BCUT2D eigenvalue weighted by Gasteiger charge is -2.15. The largest absolute Gasteiger partial charge is 0.255 e. The van der Waals surface area contributed by atoms with E-state index in [1.54, 1.807) is 0 Å². The van der Waals surface area contributed by atoms with Crippen molar-refractivity contribution in [3.8, 4) is 102 Å². The molecule has 0 N–H and O–H groups in total. The molecule has 0 aliphatic rings. The molecule has 3 heterocycles. The van der Waals surface area contributed by atoms with Crippen molar-refractivity contribution in [1.29, 1.82) is 0 Å². The van der Waals surface area contributed by atoms with Crippen molar-refractivity contribution in [2.75, 3.05) is 0 Å². The highest BCUT2D eigenvalue weighted by Gasteiger charge is 2.19. The van der Waals surface area contributed by atoms with E-state index in [-0.39, 0.29) is 0 Å². The minimum Gasteiger partial charge on any atom is -0.255 e. The van der Waals surface area contributed by atoms with Crippen molar-refractivity contribution in [3.05, 3.63) is 346 Å². The molecular formula is C91H57N7. The fourth-order valence-corrected chi connectivity index (χ4v) is 14.1. The summed E-state index contributed by atoms with van der Waals surface area (Å²) >= 11 is 0. The number of hydrogen-bond acceptors (Lipinski definition) is 7. The van der Waals surface area contributed by atoms with Crippen LogP contribution in [-0.4, -0.2) is 34.9 Å². The second-order valence-electron chi connectivity index (χ2n) is 24.7. The zero-order valence-electron chi connectivity index (χ0n) is 53.0. The maximum absolute atomic E-state index is 5.11. The van der Waals surface area contributed by atoms with Crippen molar-refractivity contribution in [2.45, 2.75) is 0 Å². The van der Waals surface area contributed by atoms with Crippen LogP contribution in [0.2, 0.25) is 0 Å². The Morgan fingerprint density at radius 3 is 0.939 bits per heavy atom. The highest BCUT2D eigenvalue weighted by Crippen LogP contribution is 2.43. The van der Waals surface area contributed by atoms with E-state index < -0.39 is 0 Å². The summed E-state index contributed by atoms with van der Waals surface area (Å²) in [4.78, 5) is 34.7. The minimum absolute atomic E-state index is 0.592. The van der Waals surface area contributed by atoms with E-state index in [2.05, 4.69) is 218 Å². The highest BCUT2D eigenvalue weighted by molar-refractivity contribution is 6.27. The van der Waals surface area contributed by atoms with Crippen LogP contribution < -0.4 is 0 Å². The zero-order valence-corrected chi connectivity index (χ0v) is 53.0. The smallest absolute Gasteiger partial charge is 0.165 e.